The van der Waals surface area contributed by atoms with Gasteiger partial charge < -0.3 is 29.6 Å². The minimum Gasteiger partial charge on any atom is -0.493 e. The van der Waals surface area contributed by atoms with Gasteiger partial charge in [0, 0.05) is 36.7 Å². The Bertz CT molecular complexity index is 1250. The maximum atomic E-state index is 12.9. The van der Waals surface area contributed by atoms with Crippen molar-refractivity contribution >= 4 is 22.8 Å². The second kappa shape index (κ2) is 11.0. The highest BCUT2D eigenvalue weighted by Gasteiger charge is 2.37. The van der Waals surface area contributed by atoms with Crippen molar-refractivity contribution < 1.29 is 19.1 Å². The molecular weight excluding hydrogens is 458 g/mol. The molecule has 0 aliphatic heterocycles. The molecule has 1 saturated carbocycles. The Balaban J connectivity index is 1.70. The lowest BCUT2D eigenvalue weighted by molar-refractivity contribution is -0.128. The normalized spacial score (nSPS) is 17.1. The summed E-state index contributed by atoms with van der Waals surface area (Å²) in [5.41, 5.74) is 3.14. The first-order valence-corrected chi connectivity index (χ1v) is 12.2. The number of hydrogen-bond acceptors (Lipinski definition) is 6. The Morgan fingerprint density at radius 3 is 2.50 bits per heavy atom. The van der Waals surface area contributed by atoms with Gasteiger partial charge in [-0.1, -0.05) is 0 Å². The van der Waals surface area contributed by atoms with Crippen LogP contribution in [0, 0.1) is 5.92 Å². The number of imidazole rings is 1. The summed E-state index contributed by atoms with van der Waals surface area (Å²) in [5, 5.41) is 5.76. The number of carbonyl (C=O) groups is 2. The predicted molar refractivity (Wildman–Crippen MR) is 140 cm³/mol. The molecular formula is C27H35N5O4. The van der Waals surface area contributed by atoms with E-state index in [-0.39, 0.29) is 23.8 Å². The smallest absolute Gasteiger partial charge is 0.251 e. The number of carbonyl (C=O) groups excluding carboxylic acids is 2. The molecule has 1 heterocycles. The summed E-state index contributed by atoms with van der Waals surface area (Å²) in [6, 6.07) is 11.4. The molecule has 1 aliphatic carbocycles. The van der Waals surface area contributed by atoms with Crippen LogP contribution in [0.3, 0.4) is 0 Å². The van der Waals surface area contributed by atoms with Gasteiger partial charge in [-0.15, -0.1) is 0 Å². The monoisotopic (exact) mass is 493 g/mol. The molecule has 2 N–H and O–H groups in total. The maximum Gasteiger partial charge on any atom is 0.251 e. The highest BCUT2D eigenvalue weighted by atomic mass is 16.5. The van der Waals surface area contributed by atoms with E-state index in [0.717, 1.165) is 35.4 Å². The van der Waals surface area contributed by atoms with Crippen molar-refractivity contribution in [3.63, 3.8) is 0 Å². The Hall–Kier alpha value is -3.59. The molecule has 2 amide bonds. The number of aromatic nitrogens is 2. The molecule has 2 aromatic carbocycles. The lowest BCUT2D eigenvalue weighted by Gasteiger charge is -2.36. The lowest BCUT2D eigenvalue weighted by atomic mass is 9.79. The third kappa shape index (κ3) is 5.16. The second-order valence-electron chi connectivity index (χ2n) is 9.43. The lowest BCUT2D eigenvalue weighted by Crippen LogP contribution is -2.38. The molecule has 9 nitrogen and oxygen atoms in total. The van der Waals surface area contributed by atoms with E-state index in [1.807, 2.05) is 50.5 Å². The van der Waals surface area contributed by atoms with Crippen LogP contribution in [0.25, 0.3) is 22.4 Å². The molecule has 192 valence electrons. The number of rotatable bonds is 10. The van der Waals surface area contributed by atoms with Crippen LogP contribution in [0.1, 0.15) is 35.7 Å². The molecule has 1 aromatic heterocycles. The zero-order valence-corrected chi connectivity index (χ0v) is 21.6. The van der Waals surface area contributed by atoms with Crippen LogP contribution in [0.2, 0.25) is 0 Å². The number of methoxy groups -OCH3 is 2. The highest BCUT2D eigenvalue weighted by Crippen LogP contribution is 2.43. The van der Waals surface area contributed by atoms with E-state index < -0.39 is 0 Å². The molecule has 1 aliphatic rings. The number of nitrogens with one attached hydrogen (secondary N) is 2. The highest BCUT2D eigenvalue weighted by molar-refractivity contribution is 5.98. The summed E-state index contributed by atoms with van der Waals surface area (Å²) in [6.45, 7) is 1.52. The van der Waals surface area contributed by atoms with Crippen LogP contribution in [0.4, 0.5) is 0 Å². The average molecular weight is 494 g/mol. The van der Waals surface area contributed by atoms with Gasteiger partial charge in [0.25, 0.3) is 5.91 Å². The standard InChI is InChI=1S/C27H35N5O4/c1-28-26(33)19-13-20(14-19)32-22-15-18(27(34)29-11-6-12-31(2)3)7-9-21(22)30-25(32)17-8-10-23(35-4)24(16-17)36-5/h7-10,15-16,19-20H,6,11-14H2,1-5H3,(H,28,33)(H,29,34). The van der Waals surface area contributed by atoms with E-state index >= 15 is 0 Å². The van der Waals surface area contributed by atoms with Crippen molar-refractivity contribution in [2.24, 2.45) is 5.92 Å². The van der Waals surface area contributed by atoms with Crippen LogP contribution in [0.5, 0.6) is 11.5 Å². The average Bonchev–Trinajstić information content (AvgIpc) is 3.23. The fourth-order valence-electron chi connectivity index (χ4n) is 4.70. The van der Waals surface area contributed by atoms with E-state index in [4.69, 9.17) is 14.5 Å². The van der Waals surface area contributed by atoms with Crippen LogP contribution < -0.4 is 20.1 Å². The molecule has 36 heavy (non-hydrogen) atoms. The van der Waals surface area contributed by atoms with Crippen molar-refractivity contribution in [2.45, 2.75) is 25.3 Å². The van der Waals surface area contributed by atoms with Gasteiger partial charge in [0.2, 0.25) is 5.91 Å². The summed E-state index contributed by atoms with van der Waals surface area (Å²) < 4.78 is 13.1. The Labute approximate surface area is 211 Å². The largest absolute Gasteiger partial charge is 0.493 e. The Morgan fingerprint density at radius 2 is 1.83 bits per heavy atom. The van der Waals surface area contributed by atoms with Gasteiger partial charge in [0.1, 0.15) is 5.82 Å². The van der Waals surface area contributed by atoms with Gasteiger partial charge in [-0.2, -0.15) is 0 Å². The fraction of sp³-hybridized carbons (Fsp3) is 0.444. The van der Waals surface area contributed by atoms with Crippen molar-refractivity contribution in [3.8, 4) is 22.9 Å². The molecule has 0 unspecified atom stereocenters. The maximum absolute atomic E-state index is 12.9. The van der Waals surface area contributed by atoms with Gasteiger partial charge in [0.15, 0.2) is 11.5 Å². The number of amides is 2. The van der Waals surface area contributed by atoms with Crippen LogP contribution in [0.15, 0.2) is 36.4 Å². The van der Waals surface area contributed by atoms with Gasteiger partial charge >= 0.3 is 0 Å². The number of hydrogen-bond donors (Lipinski definition) is 2. The molecule has 0 bridgehead atoms. The molecule has 1 fully saturated rings. The minimum atomic E-state index is -0.104. The van der Waals surface area contributed by atoms with Gasteiger partial charge in [0.05, 0.1) is 25.3 Å². The molecule has 0 radical (unpaired) electrons. The molecule has 0 atom stereocenters. The summed E-state index contributed by atoms with van der Waals surface area (Å²) in [5.74, 6) is 1.95. The zero-order chi connectivity index (χ0) is 25.8. The van der Waals surface area contributed by atoms with Crippen molar-refractivity contribution in [1.29, 1.82) is 0 Å². The third-order valence-corrected chi connectivity index (χ3v) is 6.76. The summed E-state index contributed by atoms with van der Waals surface area (Å²) in [4.78, 5) is 32.1. The first-order chi connectivity index (χ1) is 17.4. The summed E-state index contributed by atoms with van der Waals surface area (Å²) in [6.07, 6.45) is 2.31. The van der Waals surface area contributed by atoms with Crippen LogP contribution in [-0.4, -0.2) is 74.7 Å². The van der Waals surface area contributed by atoms with E-state index in [1.54, 1.807) is 21.3 Å². The number of ether oxygens (including phenoxy) is 2. The predicted octanol–water partition coefficient (Wildman–Crippen LogP) is 3.10. The minimum absolute atomic E-state index is 0.0288. The third-order valence-electron chi connectivity index (χ3n) is 6.76. The number of nitrogens with zero attached hydrogens (tertiary/aromatic N) is 3. The summed E-state index contributed by atoms with van der Waals surface area (Å²) >= 11 is 0. The van der Waals surface area contributed by atoms with Gasteiger partial charge in [-0.3, -0.25) is 9.59 Å². The Kier molecular flexibility index (Phi) is 7.79. The van der Waals surface area contributed by atoms with Gasteiger partial charge in [-0.05, 0) is 76.3 Å². The molecule has 0 saturated heterocycles. The van der Waals surface area contributed by atoms with Crippen LogP contribution in [-0.2, 0) is 4.79 Å². The van der Waals surface area contributed by atoms with Crippen LogP contribution >= 0.6 is 0 Å². The zero-order valence-electron chi connectivity index (χ0n) is 21.6. The summed E-state index contributed by atoms with van der Waals surface area (Å²) in [7, 11) is 8.91. The quantitative estimate of drug-likeness (QED) is 0.421. The molecule has 0 spiro atoms. The van der Waals surface area contributed by atoms with E-state index in [0.29, 0.717) is 36.4 Å². The SMILES string of the molecule is CNC(=O)C1CC(n2c(-c3ccc(OC)c(OC)c3)nc3ccc(C(=O)NCCCN(C)C)cc32)C1. The topological polar surface area (TPSA) is 97.7 Å². The second-order valence-corrected chi connectivity index (χ2v) is 9.43. The van der Waals surface area contributed by atoms with Crippen molar-refractivity contribution in [1.82, 2.24) is 25.1 Å². The molecule has 3 aromatic rings. The first-order valence-electron chi connectivity index (χ1n) is 12.2. The Morgan fingerprint density at radius 1 is 1.08 bits per heavy atom. The fourth-order valence-corrected chi connectivity index (χ4v) is 4.70. The first kappa shape index (κ1) is 25.5. The van der Waals surface area contributed by atoms with E-state index in [2.05, 4.69) is 20.1 Å². The number of benzene rings is 2. The molecule has 4 rings (SSSR count). The molecule has 9 heteroatoms. The van der Waals surface area contributed by atoms with Crippen molar-refractivity contribution in [2.75, 3.05) is 48.5 Å². The van der Waals surface area contributed by atoms with Crippen molar-refractivity contribution in [3.05, 3.63) is 42.0 Å². The van der Waals surface area contributed by atoms with Gasteiger partial charge in [-0.25, -0.2) is 4.98 Å². The number of fused-ring (bicyclic) bond motifs is 1. The van der Waals surface area contributed by atoms with E-state index in [1.165, 1.54) is 0 Å². The van der Waals surface area contributed by atoms with E-state index in [9.17, 15) is 9.59 Å².